The molecule has 9 heteroatoms. The fraction of sp³-hybridized carbons (Fsp3) is 0.348. The van der Waals surface area contributed by atoms with Crippen molar-refractivity contribution in [3.05, 3.63) is 48.5 Å². The number of benzene rings is 2. The van der Waals surface area contributed by atoms with Crippen molar-refractivity contribution in [3.8, 4) is 11.5 Å². The maximum absolute atomic E-state index is 12.3. The summed E-state index contributed by atoms with van der Waals surface area (Å²) in [6.45, 7) is 1.84. The van der Waals surface area contributed by atoms with Crippen LogP contribution in [-0.4, -0.2) is 55.7 Å². The smallest absolute Gasteiger partial charge is 0.262 e. The van der Waals surface area contributed by atoms with Crippen molar-refractivity contribution in [1.82, 2.24) is 5.32 Å². The number of hydrogen-bond acceptors (Lipinski definition) is 6. The van der Waals surface area contributed by atoms with Gasteiger partial charge in [0.2, 0.25) is 11.8 Å². The molecule has 0 saturated carbocycles. The highest BCUT2D eigenvalue weighted by atomic mass is 16.5. The van der Waals surface area contributed by atoms with E-state index in [2.05, 4.69) is 10.6 Å². The minimum absolute atomic E-state index is 0.120. The van der Waals surface area contributed by atoms with Gasteiger partial charge >= 0.3 is 0 Å². The van der Waals surface area contributed by atoms with Crippen LogP contribution in [0.25, 0.3) is 0 Å². The van der Waals surface area contributed by atoms with Gasteiger partial charge in [-0.25, -0.2) is 0 Å². The first-order valence-electron chi connectivity index (χ1n) is 10.3. The van der Waals surface area contributed by atoms with Crippen LogP contribution in [0.15, 0.2) is 48.5 Å². The van der Waals surface area contributed by atoms with E-state index in [9.17, 15) is 19.5 Å². The number of anilines is 2. The van der Waals surface area contributed by atoms with Gasteiger partial charge in [-0.15, -0.1) is 0 Å². The van der Waals surface area contributed by atoms with E-state index in [1.165, 1.54) is 0 Å². The van der Waals surface area contributed by atoms with Crippen molar-refractivity contribution in [2.45, 2.75) is 19.4 Å². The summed E-state index contributed by atoms with van der Waals surface area (Å²) in [7, 11) is 1.57. The Morgan fingerprint density at radius 3 is 2.41 bits per heavy atom. The van der Waals surface area contributed by atoms with Gasteiger partial charge in [-0.3, -0.25) is 14.4 Å². The molecule has 1 aliphatic rings. The monoisotopic (exact) mass is 441 g/mol. The predicted molar refractivity (Wildman–Crippen MR) is 119 cm³/mol. The van der Waals surface area contributed by atoms with Gasteiger partial charge in [-0.1, -0.05) is 0 Å². The summed E-state index contributed by atoms with van der Waals surface area (Å²) in [4.78, 5) is 38.1. The summed E-state index contributed by atoms with van der Waals surface area (Å²) in [6, 6.07) is 13.7. The minimum Gasteiger partial charge on any atom is -0.497 e. The fourth-order valence-electron chi connectivity index (χ4n) is 3.27. The van der Waals surface area contributed by atoms with Crippen LogP contribution in [0.5, 0.6) is 11.5 Å². The molecular formula is C23H27N3O6. The predicted octanol–water partition coefficient (Wildman–Crippen LogP) is 1.56. The molecule has 1 heterocycles. The molecule has 2 aromatic rings. The summed E-state index contributed by atoms with van der Waals surface area (Å²) in [5.41, 5.74) is 1.28. The van der Waals surface area contributed by atoms with Crippen molar-refractivity contribution >= 4 is 29.1 Å². The number of ether oxygens (including phenoxy) is 2. The van der Waals surface area contributed by atoms with E-state index in [0.29, 0.717) is 22.9 Å². The van der Waals surface area contributed by atoms with Crippen molar-refractivity contribution in [2.24, 2.45) is 5.92 Å². The molecule has 0 bridgehead atoms. The second-order valence-electron chi connectivity index (χ2n) is 7.56. The van der Waals surface area contributed by atoms with Gasteiger partial charge in [-0.05, 0) is 55.5 Å². The van der Waals surface area contributed by atoms with E-state index >= 15 is 0 Å². The average molecular weight is 441 g/mol. The fourth-order valence-corrected chi connectivity index (χ4v) is 3.27. The van der Waals surface area contributed by atoms with E-state index in [-0.39, 0.29) is 43.8 Å². The molecule has 0 aliphatic carbocycles. The first kappa shape index (κ1) is 23.1. The maximum atomic E-state index is 12.3. The Morgan fingerprint density at radius 1 is 1.12 bits per heavy atom. The van der Waals surface area contributed by atoms with E-state index < -0.39 is 12.0 Å². The number of nitrogens with one attached hydrogen (secondary N) is 2. The number of carbonyl (C=O) groups is 3. The normalized spacial score (nSPS) is 16.4. The van der Waals surface area contributed by atoms with Crippen molar-refractivity contribution in [1.29, 1.82) is 0 Å². The number of aliphatic hydroxyl groups excluding tert-OH is 1. The van der Waals surface area contributed by atoms with Crippen LogP contribution in [0.1, 0.15) is 13.3 Å². The summed E-state index contributed by atoms with van der Waals surface area (Å²) in [5.74, 6) is 0.0252. The Balaban J connectivity index is 1.49. The number of amides is 3. The second-order valence-corrected chi connectivity index (χ2v) is 7.56. The minimum atomic E-state index is -0.641. The highest BCUT2D eigenvalue weighted by Gasteiger charge is 2.35. The highest BCUT2D eigenvalue weighted by Crippen LogP contribution is 2.27. The summed E-state index contributed by atoms with van der Waals surface area (Å²) < 4.78 is 10.6. The zero-order chi connectivity index (χ0) is 23.1. The molecule has 0 spiro atoms. The van der Waals surface area contributed by atoms with Crippen LogP contribution in [0.2, 0.25) is 0 Å². The molecule has 1 saturated heterocycles. The number of rotatable bonds is 9. The molecule has 2 aromatic carbocycles. The van der Waals surface area contributed by atoms with Crippen LogP contribution < -0.4 is 25.0 Å². The number of hydrogen-bond donors (Lipinski definition) is 3. The summed E-state index contributed by atoms with van der Waals surface area (Å²) in [5, 5.41) is 14.7. The quantitative estimate of drug-likeness (QED) is 0.544. The standard InChI is InChI=1S/C23H27N3O6/c1-15(27)12-24-23(30)16-11-22(29)26(13-16)18-5-9-20(10-6-18)32-14-21(28)25-17-3-7-19(31-2)8-4-17/h3-10,15-16,27H,11-14H2,1-2H3,(H,24,30)(H,25,28)/t15-,16-/m1/s1. The van der Waals surface area contributed by atoms with E-state index in [1.807, 2.05) is 0 Å². The van der Waals surface area contributed by atoms with E-state index in [1.54, 1.807) is 67.5 Å². The first-order chi connectivity index (χ1) is 15.4. The molecule has 0 aromatic heterocycles. The lowest BCUT2D eigenvalue weighted by molar-refractivity contribution is -0.126. The molecule has 3 amide bonds. The Labute approximate surface area is 186 Å². The van der Waals surface area contributed by atoms with Crippen LogP contribution >= 0.6 is 0 Å². The molecule has 9 nitrogen and oxygen atoms in total. The van der Waals surface area contributed by atoms with Gasteiger partial charge in [0.1, 0.15) is 11.5 Å². The Kier molecular flexibility index (Phi) is 7.67. The third-order valence-corrected chi connectivity index (χ3v) is 4.96. The van der Waals surface area contributed by atoms with Gasteiger partial charge in [-0.2, -0.15) is 0 Å². The van der Waals surface area contributed by atoms with Crippen LogP contribution in [0, 0.1) is 5.92 Å². The highest BCUT2D eigenvalue weighted by molar-refractivity contribution is 6.00. The molecule has 3 rings (SSSR count). The average Bonchev–Trinajstić information content (AvgIpc) is 3.18. The largest absolute Gasteiger partial charge is 0.497 e. The molecule has 2 atom stereocenters. The molecule has 0 unspecified atom stereocenters. The van der Waals surface area contributed by atoms with Gasteiger partial charge in [0.25, 0.3) is 5.91 Å². The maximum Gasteiger partial charge on any atom is 0.262 e. The van der Waals surface area contributed by atoms with Gasteiger partial charge < -0.3 is 30.1 Å². The summed E-state index contributed by atoms with van der Waals surface area (Å²) >= 11 is 0. The van der Waals surface area contributed by atoms with Crippen molar-refractivity contribution in [2.75, 3.05) is 37.0 Å². The SMILES string of the molecule is COc1ccc(NC(=O)COc2ccc(N3C[C@H](C(=O)NC[C@@H](C)O)CC3=O)cc2)cc1. The molecular weight excluding hydrogens is 414 g/mol. The Bertz CT molecular complexity index is 943. The molecule has 170 valence electrons. The Hall–Kier alpha value is -3.59. The topological polar surface area (TPSA) is 117 Å². The van der Waals surface area contributed by atoms with Gasteiger partial charge in [0, 0.05) is 30.9 Å². The third-order valence-electron chi connectivity index (χ3n) is 4.96. The third kappa shape index (κ3) is 6.21. The lowest BCUT2D eigenvalue weighted by Crippen LogP contribution is -2.36. The Morgan fingerprint density at radius 2 is 1.78 bits per heavy atom. The molecule has 1 fully saturated rings. The number of aliphatic hydroxyl groups is 1. The van der Waals surface area contributed by atoms with Crippen molar-refractivity contribution in [3.63, 3.8) is 0 Å². The van der Waals surface area contributed by atoms with Crippen LogP contribution in [-0.2, 0) is 14.4 Å². The zero-order valence-electron chi connectivity index (χ0n) is 18.0. The van der Waals surface area contributed by atoms with Crippen molar-refractivity contribution < 1.29 is 29.0 Å². The molecule has 3 N–H and O–H groups in total. The van der Waals surface area contributed by atoms with Gasteiger partial charge in [0.15, 0.2) is 6.61 Å². The second kappa shape index (κ2) is 10.6. The molecule has 1 aliphatic heterocycles. The number of carbonyl (C=O) groups excluding carboxylic acids is 3. The number of methoxy groups -OCH3 is 1. The first-order valence-corrected chi connectivity index (χ1v) is 10.3. The number of nitrogens with zero attached hydrogens (tertiary/aromatic N) is 1. The van der Waals surface area contributed by atoms with Crippen LogP contribution in [0.3, 0.4) is 0 Å². The summed E-state index contributed by atoms with van der Waals surface area (Å²) in [6.07, 6.45) is -0.520. The van der Waals surface area contributed by atoms with Gasteiger partial charge in [0.05, 0.1) is 19.1 Å². The molecule has 32 heavy (non-hydrogen) atoms. The van der Waals surface area contributed by atoms with E-state index in [0.717, 1.165) is 0 Å². The van der Waals surface area contributed by atoms with Crippen LogP contribution in [0.4, 0.5) is 11.4 Å². The lowest BCUT2D eigenvalue weighted by atomic mass is 10.1. The van der Waals surface area contributed by atoms with E-state index in [4.69, 9.17) is 9.47 Å². The lowest BCUT2D eigenvalue weighted by Gasteiger charge is -2.17. The molecule has 0 radical (unpaired) electrons. The zero-order valence-corrected chi connectivity index (χ0v) is 18.0.